The van der Waals surface area contributed by atoms with Crippen molar-refractivity contribution in [2.45, 2.75) is 38.0 Å². The molecule has 1 saturated carbocycles. The van der Waals surface area contributed by atoms with E-state index in [1.807, 2.05) is 7.05 Å². The van der Waals surface area contributed by atoms with E-state index in [-0.39, 0.29) is 31.2 Å². The quantitative estimate of drug-likeness (QED) is 0.760. The predicted molar refractivity (Wildman–Crippen MR) is 52.7 cm³/mol. The summed E-state index contributed by atoms with van der Waals surface area (Å²) in [6.07, 6.45) is 2.78. The third kappa shape index (κ3) is 4.77. The third-order valence-electron chi connectivity index (χ3n) is 2.54. The van der Waals surface area contributed by atoms with Crippen molar-refractivity contribution >= 4 is 12.4 Å². The van der Waals surface area contributed by atoms with Gasteiger partial charge in [0.2, 0.25) is 5.92 Å². The standard InChI is InChI=1S/C9H17F2N.ClH/c1-12-6-4-8-3-2-5-9(10,11)7-8;/h8,12H,2-7H2,1H3;1H. The van der Waals surface area contributed by atoms with Crippen LogP contribution in [0, 0.1) is 5.92 Å². The molecule has 1 unspecified atom stereocenters. The summed E-state index contributed by atoms with van der Waals surface area (Å²) in [5, 5.41) is 3.00. The molecule has 0 saturated heterocycles. The molecule has 0 heterocycles. The van der Waals surface area contributed by atoms with Crippen LogP contribution in [0.5, 0.6) is 0 Å². The molecule has 0 bridgehead atoms. The number of alkyl halides is 2. The molecule has 1 atom stereocenters. The van der Waals surface area contributed by atoms with Gasteiger partial charge in [-0.3, -0.25) is 0 Å². The minimum Gasteiger partial charge on any atom is -0.320 e. The maximum atomic E-state index is 12.9. The van der Waals surface area contributed by atoms with Gasteiger partial charge in [-0.1, -0.05) is 0 Å². The van der Waals surface area contributed by atoms with Crippen LogP contribution in [-0.2, 0) is 0 Å². The smallest absolute Gasteiger partial charge is 0.248 e. The minimum atomic E-state index is -2.38. The van der Waals surface area contributed by atoms with Crippen LogP contribution in [0.4, 0.5) is 8.78 Å². The molecule has 80 valence electrons. The summed E-state index contributed by atoms with van der Waals surface area (Å²) in [4.78, 5) is 0. The van der Waals surface area contributed by atoms with Gasteiger partial charge in [0.25, 0.3) is 0 Å². The number of halogens is 3. The lowest BCUT2D eigenvalue weighted by atomic mass is 9.84. The third-order valence-corrected chi connectivity index (χ3v) is 2.54. The Balaban J connectivity index is 0.00000144. The molecular weight excluding hydrogens is 196 g/mol. The Kier molecular flexibility index (Phi) is 5.81. The van der Waals surface area contributed by atoms with Crippen LogP contribution in [-0.4, -0.2) is 19.5 Å². The summed E-state index contributed by atoms with van der Waals surface area (Å²) < 4.78 is 25.7. The molecular formula is C9H18ClF2N. The van der Waals surface area contributed by atoms with Gasteiger partial charge in [0.1, 0.15) is 0 Å². The van der Waals surface area contributed by atoms with E-state index in [1.165, 1.54) is 0 Å². The first-order chi connectivity index (χ1) is 5.64. The summed E-state index contributed by atoms with van der Waals surface area (Å²) in [5.74, 6) is -2.14. The molecule has 0 radical (unpaired) electrons. The largest absolute Gasteiger partial charge is 0.320 e. The van der Waals surface area contributed by atoms with Gasteiger partial charge in [0.05, 0.1) is 0 Å². The summed E-state index contributed by atoms with van der Waals surface area (Å²) >= 11 is 0. The maximum Gasteiger partial charge on any atom is 0.248 e. The van der Waals surface area contributed by atoms with Crippen molar-refractivity contribution in [3.8, 4) is 0 Å². The molecule has 1 fully saturated rings. The van der Waals surface area contributed by atoms with Crippen molar-refractivity contribution in [3.05, 3.63) is 0 Å². The second-order valence-corrected chi connectivity index (χ2v) is 3.71. The lowest BCUT2D eigenvalue weighted by molar-refractivity contribution is -0.0533. The fraction of sp³-hybridized carbons (Fsp3) is 1.00. The molecule has 13 heavy (non-hydrogen) atoms. The SMILES string of the molecule is CNCCC1CCCC(F)(F)C1.Cl. The molecule has 0 aromatic heterocycles. The minimum absolute atomic E-state index is 0. The Morgan fingerprint density at radius 2 is 2.15 bits per heavy atom. The Morgan fingerprint density at radius 3 is 2.69 bits per heavy atom. The lowest BCUT2D eigenvalue weighted by Crippen LogP contribution is -2.27. The van der Waals surface area contributed by atoms with Gasteiger partial charge in [-0.05, 0) is 38.8 Å². The van der Waals surface area contributed by atoms with Crippen LogP contribution in [0.3, 0.4) is 0 Å². The van der Waals surface area contributed by atoms with Crippen molar-refractivity contribution in [2.24, 2.45) is 5.92 Å². The van der Waals surface area contributed by atoms with Crippen LogP contribution in [0.15, 0.2) is 0 Å². The summed E-state index contributed by atoms with van der Waals surface area (Å²) in [6.45, 7) is 0.862. The fourth-order valence-corrected chi connectivity index (χ4v) is 1.87. The van der Waals surface area contributed by atoms with E-state index in [0.29, 0.717) is 6.42 Å². The van der Waals surface area contributed by atoms with E-state index in [9.17, 15) is 8.78 Å². The molecule has 1 aliphatic carbocycles. The highest BCUT2D eigenvalue weighted by Crippen LogP contribution is 2.37. The topological polar surface area (TPSA) is 12.0 Å². The molecule has 1 rings (SSSR count). The number of hydrogen-bond acceptors (Lipinski definition) is 1. The zero-order chi connectivity index (χ0) is 9.03. The molecule has 1 N–H and O–H groups in total. The van der Waals surface area contributed by atoms with Crippen molar-refractivity contribution in [1.82, 2.24) is 5.32 Å². The first-order valence-electron chi connectivity index (χ1n) is 4.66. The van der Waals surface area contributed by atoms with Gasteiger partial charge in [0.15, 0.2) is 0 Å². The number of rotatable bonds is 3. The van der Waals surface area contributed by atoms with Crippen LogP contribution in [0.1, 0.15) is 32.1 Å². The summed E-state index contributed by atoms with van der Waals surface area (Å²) in [6, 6.07) is 0. The molecule has 0 amide bonds. The van der Waals surface area contributed by atoms with Crippen LogP contribution < -0.4 is 5.32 Å². The zero-order valence-electron chi connectivity index (χ0n) is 7.98. The Labute approximate surface area is 84.7 Å². The van der Waals surface area contributed by atoms with Crippen LogP contribution >= 0.6 is 12.4 Å². The average molecular weight is 214 g/mol. The molecule has 1 aliphatic rings. The number of nitrogens with one attached hydrogen (secondary N) is 1. The van der Waals surface area contributed by atoms with Crippen molar-refractivity contribution in [3.63, 3.8) is 0 Å². The van der Waals surface area contributed by atoms with Gasteiger partial charge in [-0.15, -0.1) is 12.4 Å². The fourth-order valence-electron chi connectivity index (χ4n) is 1.87. The highest BCUT2D eigenvalue weighted by molar-refractivity contribution is 5.85. The Hall–Kier alpha value is 0.110. The summed E-state index contributed by atoms with van der Waals surface area (Å²) in [7, 11) is 1.86. The van der Waals surface area contributed by atoms with Gasteiger partial charge >= 0.3 is 0 Å². The molecule has 1 nitrogen and oxygen atoms in total. The van der Waals surface area contributed by atoms with E-state index >= 15 is 0 Å². The normalized spacial score (nSPS) is 26.5. The van der Waals surface area contributed by atoms with E-state index in [1.54, 1.807) is 0 Å². The maximum absolute atomic E-state index is 12.9. The zero-order valence-corrected chi connectivity index (χ0v) is 8.80. The molecule has 0 aromatic rings. The predicted octanol–water partition coefficient (Wildman–Crippen LogP) is 2.84. The van der Waals surface area contributed by atoms with Gasteiger partial charge in [-0.2, -0.15) is 0 Å². The second kappa shape index (κ2) is 5.76. The molecule has 0 spiro atoms. The van der Waals surface area contributed by atoms with Gasteiger partial charge in [-0.25, -0.2) is 8.78 Å². The van der Waals surface area contributed by atoms with Crippen molar-refractivity contribution in [2.75, 3.05) is 13.6 Å². The number of hydrogen-bond donors (Lipinski definition) is 1. The summed E-state index contributed by atoms with van der Waals surface area (Å²) in [5.41, 5.74) is 0. The van der Waals surface area contributed by atoms with E-state index in [4.69, 9.17) is 0 Å². The highest BCUT2D eigenvalue weighted by Gasteiger charge is 2.35. The lowest BCUT2D eigenvalue weighted by Gasteiger charge is -2.28. The molecule has 0 aromatic carbocycles. The Bertz CT molecular complexity index is 142. The van der Waals surface area contributed by atoms with Crippen molar-refractivity contribution < 1.29 is 8.78 Å². The molecule has 4 heteroatoms. The van der Waals surface area contributed by atoms with E-state index in [0.717, 1.165) is 19.4 Å². The van der Waals surface area contributed by atoms with Crippen LogP contribution in [0.25, 0.3) is 0 Å². The monoisotopic (exact) mass is 213 g/mol. The highest BCUT2D eigenvalue weighted by atomic mass is 35.5. The van der Waals surface area contributed by atoms with Gasteiger partial charge < -0.3 is 5.32 Å². The van der Waals surface area contributed by atoms with Crippen molar-refractivity contribution in [1.29, 1.82) is 0 Å². The second-order valence-electron chi connectivity index (χ2n) is 3.71. The Morgan fingerprint density at radius 1 is 1.46 bits per heavy atom. The van der Waals surface area contributed by atoms with E-state index < -0.39 is 5.92 Å². The first kappa shape index (κ1) is 13.1. The van der Waals surface area contributed by atoms with Crippen LogP contribution in [0.2, 0.25) is 0 Å². The van der Waals surface area contributed by atoms with Gasteiger partial charge in [0, 0.05) is 12.8 Å². The molecule has 0 aliphatic heterocycles. The first-order valence-corrected chi connectivity index (χ1v) is 4.66. The van der Waals surface area contributed by atoms with E-state index in [2.05, 4.69) is 5.32 Å². The average Bonchev–Trinajstić information content (AvgIpc) is 1.99.